The van der Waals surface area contributed by atoms with Crippen LogP contribution in [0.3, 0.4) is 0 Å². The number of rotatable bonds is 7. The van der Waals surface area contributed by atoms with E-state index in [4.69, 9.17) is 9.47 Å². The Hall–Kier alpha value is -2.21. The quantitative estimate of drug-likeness (QED) is 0.823. The second-order valence-corrected chi connectivity index (χ2v) is 7.01. The van der Waals surface area contributed by atoms with Crippen LogP contribution in [0.25, 0.3) is 0 Å². The van der Waals surface area contributed by atoms with E-state index < -0.39 is 10.0 Å². The van der Waals surface area contributed by atoms with Gasteiger partial charge >= 0.3 is 0 Å². The summed E-state index contributed by atoms with van der Waals surface area (Å²) in [6.07, 6.45) is 0. The van der Waals surface area contributed by atoms with Gasteiger partial charge in [-0.1, -0.05) is 12.1 Å². The van der Waals surface area contributed by atoms with Crippen LogP contribution in [0.15, 0.2) is 41.3 Å². The van der Waals surface area contributed by atoms with Crippen molar-refractivity contribution in [3.8, 4) is 11.5 Å². The number of anilines is 1. The van der Waals surface area contributed by atoms with Crippen molar-refractivity contribution in [1.82, 2.24) is 0 Å². The average molecular weight is 349 g/mol. The lowest BCUT2D eigenvalue weighted by Gasteiger charge is -2.15. The number of hydrogen-bond acceptors (Lipinski definition) is 4. The molecule has 0 bridgehead atoms. The van der Waals surface area contributed by atoms with Crippen molar-refractivity contribution in [2.45, 2.75) is 32.6 Å². The second kappa shape index (κ2) is 7.57. The van der Waals surface area contributed by atoms with Gasteiger partial charge in [0.25, 0.3) is 10.0 Å². The molecule has 1 N–H and O–H groups in total. The minimum Gasteiger partial charge on any atom is -0.490 e. The lowest BCUT2D eigenvalue weighted by molar-refractivity contribution is 0.287. The molecule has 0 unspecified atom stereocenters. The summed E-state index contributed by atoms with van der Waals surface area (Å²) in [5.41, 5.74) is 2.50. The van der Waals surface area contributed by atoms with E-state index in [1.807, 2.05) is 39.8 Å². The standard InChI is InChI=1S/C18H23NO4S/c1-5-22-17-11-10-15(12-18(17)23-6-2)24(20,21)19-16-9-7-8-13(3)14(16)4/h7-12,19H,5-6H2,1-4H3. The van der Waals surface area contributed by atoms with Gasteiger partial charge < -0.3 is 9.47 Å². The molecule has 0 aromatic heterocycles. The van der Waals surface area contributed by atoms with Crippen molar-refractivity contribution in [2.75, 3.05) is 17.9 Å². The largest absolute Gasteiger partial charge is 0.490 e. The third-order valence-corrected chi connectivity index (χ3v) is 5.04. The third kappa shape index (κ3) is 4.00. The Morgan fingerprint density at radius 1 is 0.958 bits per heavy atom. The van der Waals surface area contributed by atoms with Crippen molar-refractivity contribution in [3.05, 3.63) is 47.5 Å². The van der Waals surface area contributed by atoms with Gasteiger partial charge in [0, 0.05) is 6.07 Å². The Kier molecular flexibility index (Phi) is 5.72. The fourth-order valence-electron chi connectivity index (χ4n) is 2.26. The molecule has 2 rings (SSSR count). The van der Waals surface area contributed by atoms with Gasteiger partial charge in [-0.3, -0.25) is 4.72 Å². The molecule has 6 heteroatoms. The molecular weight excluding hydrogens is 326 g/mol. The van der Waals surface area contributed by atoms with Crippen LogP contribution in [0.2, 0.25) is 0 Å². The minimum atomic E-state index is -3.71. The van der Waals surface area contributed by atoms with Crippen LogP contribution in [0.1, 0.15) is 25.0 Å². The summed E-state index contributed by atoms with van der Waals surface area (Å²) in [6.45, 7) is 8.43. The highest BCUT2D eigenvalue weighted by Gasteiger charge is 2.18. The molecule has 2 aromatic carbocycles. The second-order valence-electron chi connectivity index (χ2n) is 5.33. The van der Waals surface area contributed by atoms with E-state index >= 15 is 0 Å². The lowest BCUT2D eigenvalue weighted by atomic mass is 10.1. The molecule has 0 spiro atoms. The van der Waals surface area contributed by atoms with Crippen LogP contribution in [0.4, 0.5) is 5.69 Å². The minimum absolute atomic E-state index is 0.135. The van der Waals surface area contributed by atoms with Crippen LogP contribution in [0.5, 0.6) is 11.5 Å². The first kappa shape index (κ1) is 18.1. The molecule has 0 aliphatic rings. The summed E-state index contributed by atoms with van der Waals surface area (Å²) in [5, 5.41) is 0. The number of hydrogen-bond donors (Lipinski definition) is 1. The molecule has 0 atom stereocenters. The Balaban J connectivity index is 2.38. The van der Waals surface area contributed by atoms with E-state index in [2.05, 4.69) is 4.72 Å². The smallest absolute Gasteiger partial charge is 0.262 e. The van der Waals surface area contributed by atoms with Gasteiger partial charge in [-0.2, -0.15) is 0 Å². The Bertz CT molecular complexity index is 816. The molecule has 0 amide bonds. The lowest BCUT2D eigenvalue weighted by Crippen LogP contribution is -2.14. The van der Waals surface area contributed by atoms with Crippen LogP contribution < -0.4 is 14.2 Å². The predicted octanol–water partition coefficient (Wildman–Crippen LogP) is 3.90. The summed E-state index contributed by atoms with van der Waals surface area (Å²) >= 11 is 0. The van der Waals surface area contributed by atoms with E-state index in [1.54, 1.807) is 12.1 Å². The molecule has 0 heterocycles. The van der Waals surface area contributed by atoms with E-state index in [0.717, 1.165) is 11.1 Å². The van der Waals surface area contributed by atoms with Crippen LogP contribution in [-0.2, 0) is 10.0 Å². The third-order valence-electron chi connectivity index (χ3n) is 3.67. The first-order valence-electron chi connectivity index (χ1n) is 7.87. The summed E-state index contributed by atoms with van der Waals surface area (Å²) < 4.78 is 39.0. The highest BCUT2D eigenvalue weighted by molar-refractivity contribution is 7.92. The maximum atomic E-state index is 12.7. The van der Waals surface area contributed by atoms with Gasteiger partial charge in [-0.15, -0.1) is 0 Å². The first-order chi connectivity index (χ1) is 11.4. The van der Waals surface area contributed by atoms with E-state index in [0.29, 0.717) is 30.4 Å². The van der Waals surface area contributed by atoms with Gasteiger partial charge in [0.15, 0.2) is 11.5 Å². The summed E-state index contributed by atoms with van der Waals surface area (Å²) in [6, 6.07) is 10.1. The number of nitrogens with one attached hydrogen (secondary N) is 1. The van der Waals surface area contributed by atoms with Crippen molar-refractivity contribution < 1.29 is 17.9 Å². The van der Waals surface area contributed by atoms with E-state index in [1.165, 1.54) is 12.1 Å². The maximum absolute atomic E-state index is 12.7. The summed E-state index contributed by atoms with van der Waals surface area (Å²) in [7, 11) is -3.71. The fraction of sp³-hybridized carbons (Fsp3) is 0.333. The molecule has 24 heavy (non-hydrogen) atoms. The molecule has 0 radical (unpaired) electrons. The van der Waals surface area contributed by atoms with Gasteiger partial charge in [0.2, 0.25) is 0 Å². The molecule has 5 nitrogen and oxygen atoms in total. The molecule has 2 aromatic rings. The molecular formula is C18H23NO4S. The van der Waals surface area contributed by atoms with Gasteiger partial charge in [0.1, 0.15) is 0 Å². The maximum Gasteiger partial charge on any atom is 0.262 e. The zero-order valence-corrected chi connectivity index (χ0v) is 15.2. The van der Waals surface area contributed by atoms with E-state index in [-0.39, 0.29) is 4.90 Å². The SMILES string of the molecule is CCOc1ccc(S(=O)(=O)Nc2cccc(C)c2C)cc1OCC. The fourth-order valence-corrected chi connectivity index (χ4v) is 3.40. The van der Waals surface area contributed by atoms with Crippen LogP contribution in [0, 0.1) is 13.8 Å². The van der Waals surface area contributed by atoms with Crippen molar-refractivity contribution in [3.63, 3.8) is 0 Å². The number of benzene rings is 2. The summed E-state index contributed by atoms with van der Waals surface area (Å²) in [5.74, 6) is 0.952. The zero-order chi connectivity index (χ0) is 17.7. The van der Waals surface area contributed by atoms with Crippen molar-refractivity contribution in [1.29, 1.82) is 0 Å². The number of aryl methyl sites for hydroxylation is 1. The Morgan fingerprint density at radius 3 is 2.29 bits per heavy atom. The predicted molar refractivity (Wildman–Crippen MR) is 95.5 cm³/mol. The van der Waals surface area contributed by atoms with Crippen LogP contribution >= 0.6 is 0 Å². The van der Waals surface area contributed by atoms with Gasteiger partial charge in [-0.25, -0.2) is 8.42 Å². The first-order valence-corrected chi connectivity index (χ1v) is 9.36. The normalized spacial score (nSPS) is 11.2. The molecule has 0 aliphatic carbocycles. The number of sulfonamides is 1. The monoisotopic (exact) mass is 349 g/mol. The molecule has 0 saturated carbocycles. The van der Waals surface area contributed by atoms with Crippen LogP contribution in [-0.4, -0.2) is 21.6 Å². The highest BCUT2D eigenvalue weighted by Crippen LogP contribution is 2.31. The molecule has 0 saturated heterocycles. The van der Waals surface area contributed by atoms with Crippen molar-refractivity contribution in [2.24, 2.45) is 0 Å². The summed E-state index contributed by atoms with van der Waals surface area (Å²) in [4.78, 5) is 0.135. The Morgan fingerprint density at radius 2 is 1.62 bits per heavy atom. The zero-order valence-electron chi connectivity index (χ0n) is 14.4. The van der Waals surface area contributed by atoms with Gasteiger partial charge in [-0.05, 0) is 57.0 Å². The van der Waals surface area contributed by atoms with E-state index in [9.17, 15) is 8.42 Å². The highest BCUT2D eigenvalue weighted by atomic mass is 32.2. The molecule has 0 aliphatic heterocycles. The molecule has 0 fully saturated rings. The average Bonchev–Trinajstić information content (AvgIpc) is 2.54. The van der Waals surface area contributed by atoms with Crippen molar-refractivity contribution >= 4 is 15.7 Å². The van der Waals surface area contributed by atoms with Gasteiger partial charge in [0.05, 0.1) is 23.8 Å². The topological polar surface area (TPSA) is 64.6 Å². The number of ether oxygens (including phenoxy) is 2. The Labute approximate surface area is 143 Å². The molecule has 130 valence electrons.